The van der Waals surface area contributed by atoms with Crippen molar-refractivity contribution in [2.24, 2.45) is 0 Å². The molecule has 0 saturated heterocycles. The average Bonchev–Trinajstić information content (AvgIpc) is 2.44. The summed E-state index contributed by atoms with van der Waals surface area (Å²) in [6, 6.07) is 7.35. The molecule has 1 heterocycles. The molecule has 1 N–H and O–H groups in total. The number of fused-ring (bicyclic) bond motifs is 1. The summed E-state index contributed by atoms with van der Waals surface area (Å²) < 4.78 is 5.01. The first-order valence-corrected chi connectivity index (χ1v) is 6.16. The van der Waals surface area contributed by atoms with E-state index in [2.05, 4.69) is 0 Å². The van der Waals surface area contributed by atoms with Crippen molar-refractivity contribution in [3.05, 3.63) is 35.4 Å². The molecule has 2 rings (SSSR count). The smallest absolute Gasteiger partial charge is 0.312 e. The summed E-state index contributed by atoms with van der Waals surface area (Å²) in [4.78, 5) is 25.0. The van der Waals surface area contributed by atoms with Crippen molar-refractivity contribution in [2.75, 3.05) is 13.7 Å². The average molecular weight is 263 g/mol. The van der Waals surface area contributed by atoms with Crippen LogP contribution in [0.1, 0.15) is 24.0 Å². The van der Waals surface area contributed by atoms with E-state index < -0.39 is 18.0 Å². The molecule has 102 valence electrons. The van der Waals surface area contributed by atoms with Crippen LogP contribution >= 0.6 is 0 Å². The van der Waals surface area contributed by atoms with E-state index in [1.807, 2.05) is 24.3 Å². The minimum atomic E-state index is -0.907. The Morgan fingerprint density at radius 3 is 2.74 bits per heavy atom. The second-order valence-electron chi connectivity index (χ2n) is 4.69. The van der Waals surface area contributed by atoms with Gasteiger partial charge in [0.2, 0.25) is 0 Å². The molecule has 5 nitrogen and oxygen atoms in total. The Morgan fingerprint density at radius 2 is 2.11 bits per heavy atom. The van der Waals surface area contributed by atoms with E-state index in [0.29, 0.717) is 6.54 Å². The van der Waals surface area contributed by atoms with Gasteiger partial charge >= 0.3 is 5.97 Å². The molecule has 0 spiro atoms. The van der Waals surface area contributed by atoms with Gasteiger partial charge in [-0.25, -0.2) is 0 Å². The zero-order valence-electron chi connectivity index (χ0n) is 11.0. The number of benzene rings is 1. The van der Waals surface area contributed by atoms with Gasteiger partial charge in [0.25, 0.3) is 5.91 Å². The number of rotatable bonds is 3. The first kappa shape index (κ1) is 13.5. The molecule has 1 aromatic carbocycles. The number of carbonyl (C=O) groups excluding carboxylic acids is 1. The van der Waals surface area contributed by atoms with E-state index in [1.54, 1.807) is 11.8 Å². The minimum Gasteiger partial charge on any atom is -0.481 e. The van der Waals surface area contributed by atoms with Crippen molar-refractivity contribution >= 4 is 11.9 Å². The molecule has 1 amide bonds. The molecule has 1 aliphatic heterocycles. The molecule has 1 aliphatic rings. The number of ether oxygens (including phenoxy) is 1. The molecule has 0 fully saturated rings. The second-order valence-corrected chi connectivity index (χ2v) is 4.69. The summed E-state index contributed by atoms with van der Waals surface area (Å²) in [5.41, 5.74) is 1.68. The van der Waals surface area contributed by atoms with Crippen molar-refractivity contribution in [3.63, 3.8) is 0 Å². The molecule has 0 bridgehead atoms. The van der Waals surface area contributed by atoms with E-state index >= 15 is 0 Å². The lowest BCUT2D eigenvalue weighted by Gasteiger charge is -2.34. The third kappa shape index (κ3) is 2.61. The molecule has 5 heteroatoms. The first-order valence-electron chi connectivity index (χ1n) is 6.16. The van der Waals surface area contributed by atoms with Gasteiger partial charge < -0.3 is 14.7 Å². The van der Waals surface area contributed by atoms with Gasteiger partial charge in [0.1, 0.15) is 6.10 Å². The number of carboxylic acid groups (broad SMARTS) is 1. The molecule has 0 aliphatic carbocycles. The van der Waals surface area contributed by atoms with E-state index in [9.17, 15) is 14.7 Å². The van der Waals surface area contributed by atoms with Crippen LogP contribution in [0.15, 0.2) is 24.3 Å². The Kier molecular flexibility index (Phi) is 3.85. The van der Waals surface area contributed by atoms with Gasteiger partial charge in [-0.2, -0.15) is 0 Å². The van der Waals surface area contributed by atoms with Gasteiger partial charge in [0.05, 0.1) is 5.92 Å². The molecule has 0 radical (unpaired) electrons. The van der Waals surface area contributed by atoms with Crippen molar-refractivity contribution in [1.82, 2.24) is 4.90 Å². The Morgan fingerprint density at radius 1 is 1.42 bits per heavy atom. The Hall–Kier alpha value is -1.88. The maximum absolute atomic E-state index is 12.1. The van der Waals surface area contributed by atoms with Crippen LogP contribution in [-0.2, 0) is 20.9 Å². The molecule has 19 heavy (non-hydrogen) atoms. The second kappa shape index (κ2) is 5.40. The van der Waals surface area contributed by atoms with E-state index in [4.69, 9.17) is 4.74 Å². The lowest BCUT2D eigenvalue weighted by atomic mass is 9.89. The van der Waals surface area contributed by atoms with Gasteiger partial charge in [-0.15, -0.1) is 0 Å². The maximum atomic E-state index is 12.1. The fraction of sp³-hybridized carbons (Fsp3) is 0.429. The number of nitrogens with zero attached hydrogens (tertiary/aromatic N) is 1. The van der Waals surface area contributed by atoms with Crippen molar-refractivity contribution in [2.45, 2.75) is 25.5 Å². The molecule has 2 atom stereocenters. The number of aliphatic carboxylic acids is 1. The normalized spacial score (nSPS) is 19.7. The maximum Gasteiger partial charge on any atom is 0.312 e. The van der Waals surface area contributed by atoms with Crippen LogP contribution < -0.4 is 0 Å². The lowest BCUT2D eigenvalue weighted by Crippen LogP contribution is -2.44. The highest BCUT2D eigenvalue weighted by atomic mass is 16.5. The van der Waals surface area contributed by atoms with E-state index in [-0.39, 0.29) is 12.5 Å². The highest BCUT2D eigenvalue weighted by molar-refractivity contribution is 5.83. The lowest BCUT2D eigenvalue weighted by molar-refractivity contribution is -0.145. The van der Waals surface area contributed by atoms with Crippen LogP contribution in [0.5, 0.6) is 0 Å². The third-order valence-corrected chi connectivity index (χ3v) is 3.51. The minimum absolute atomic E-state index is 0.178. The SMILES string of the molecule is COC(C)C(=O)N1Cc2ccccc2C(C(=O)O)C1. The fourth-order valence-electron chi connectivity index (χ4n) is 2.34. The Bertz CT molecular complexity index is 500. The van der Waals surface area contributed by atoms with Crippen LogP contribution in [0.4, 0.5) is 0 Å². The zero-order valence-corrected chi connectivity index (χ0v) is 11.0. The Balaban J connectivity index is 2.30. The van der Waals surface area contributed by atoms with E-state index in [1.165, 1.54) is 7.11 Å². The molecule has 0 aromatic heterocycles. The molecular weight excluding hydrogens is 246 g/mol. The summed E-state index contributed by atoms with van der Waals surface area (Å²) in [5, 5.41) is 9.31. The predicted octanol–water partition coefficient (Wildman–Crippen LogP) is 1.23. The highest BCUT2D eigenvalue weighted by Gasteiger charge is 2.33. The van der Waals surface area contributed by atoms with Gasteiger partial charge in [-0.05, 0) is 18.1 Å². The topological polar surface area (TPSA) is 66.8 Å². The largest absolute Gasteiger partial charge is 0.481 e. The number of methoxy groups -OCH3 is 1. The summed E-state index contributed by atoms with van der Waals surface area (Å²) in [6.07, 6.45) is -0.556. The monoisotopic (exact) mass is 263 g/mol. The number of carboxylic acids is 1. The number of hydrogen-bond donors (Lipinski definition) is 1. The van der Waals surface area contributed by atoms with Gasteiger partial charge in [-0.3, -0.25) is 9.59 Å². The number of hydrogen-bond acceptors (Lipinski definition) is 3. The highest BCUT2D eigenvalue weighted by Crippen LogP contribution is 2.28. The van der Waals surface area contributed by atoms with Crippen molar-refractivity contribution in [3.8, 4) is 0 Å². The summed E-state index contributed by atoms with van der Waals surface area (Å²) in [7, 11) is 1.47. The quantitative estimate of drug-likeness (QED) is 0.890. The van der Waals surface area contributed by atoms with Crippen LogP contribution in [-0.4, -0.2) is 41.6 Å². The molecule has 1 aromatic rings. The fourth-order valence-corrected chi connectivity index (χ4v) is 2.34. The van der Waals surface area contributed by atoms with Crippen molar-refractivity contribution < 1.29 is 19.4 Å². The van der Waals surface area contributed by atoms with Crippen LogP contribution in [0.3, 0.4) is 0 Å². The van der Waals surface area contributed by atoms with Gasteiger partial charge in [0, 0.05) is 20.2 Å². The summed E-state index contributed by atoms with van der Waals surface area (Å²) >= 11 is 0. The van der Waals surface area contributed by atoms with Crippen molar-refractivity contribution in [1.29, 1.82) is 0 Å². The Labute approximate surface area is 111 Å². The van der Waals surface area contributed by atoms with Crippen LogP contribution in [0.25, 0.3) is 0 Å². The van der Waals surface area contributed by atoms with Gasteiger partial charge in [0.15, 0.2) is 0 Å². The van der Waals surface area contributed by atoms with Gasteiger partial charge in [-0.1, -0.05) is 24.3 Å². The predicted molar refractivity (Wildman–Crippen MR) is 68.7 cm³/mol. The number of amides is 1. The molecule has 0 saturated carbocycles. The summed E-state index contributed by atoms with van der Waals surface area (Å²) in [5.74, 6) is -1.75. The molecular formula is C14H17NO4. The van der Waals surface area contributed by atoms with Crippen LogP contribution in [0, 0.1) is 0 Å². The standard InChI is InChI=1S/C14H17NO4/c1-9(19-2)13(16)15-7-10-5-3-4-6-11(10)12(8-15)14(17)18/h3-6,9,12H,7-8H2,1-2H3,(H,17,18). The summed E-state index contributed by atoms with van der Waals surface area (Å²) in [6.45, 7) is 2.30. The number of carbonyl (C=O) groups is 2. The first-order chi connectivity index (χ1) is 9.04. The zero-order chi connectivity index (χ0) is 14.0. The third-order valence-electron chi connectivity index (χ3n) is 3.51. The molecule has 2 unspecified atom stereocenters. The van der Waals surface area contributed by atoms with Crippen LogP contribution in [0.2, 0.25) is 0 Å². The van der Waals surface area contributed by atoms with E-state index in [0.717, 1.165) is 11.1 Å².